The summed E-state index contributed by atoms with van der Waals surface area (Å²) in [5.41, 5.74) is 3.27. The van der Waals surface area contributed by atoms with Gasteiger partial charge in [0, 0.05) is 63.1 Å². The Morgan fingerprint density at radius 2 is 1.76 bits per heavy atom. The third kappa shape index (κ3) is 9.37. The van der Waals surface area contributed by atoms with Crippen molar-refractivity contribution in [2.45, 2.75) is 23.4 Å². The number of carbonyl (C=O) groups excluding carboxylic acids is 3. The molecule has 3 amide bonds. The first-order valence-electron chi connectivity index (χ1n) is 13.4. The van der Waals surface area contributed by atoms with Crippen LogP contribution < -0.4 is 10.6 Å². The maximum atomic E-state index is 13.0. The lowest BCUT2D eigenvalue weighted by molar-refractivity contribution is -0.130. The van der Waals surface area contributed by atoms with Crippen LogP contribution >= 0.6 is 23.1 Å². The maximum absolute atomic E-state index is 13.0. The Bertz CT molecular complexity index is 1310. The second-order valence-electron chi connectivity index (χ2n) is 9.44. The minimum atomic E-state index is -0.219. The molecule has 1 saturated heterocycles. The molecule has 1 aliphatic heterocycles. The molecule has 10 nitrogen and oxygen atoms in total. The second-order valence-corrected chi connectivity index (χ2v) is 11.7. The van der Waals surface area contributed by atoms with Gasteiger partial charge in [-0.3, -0.25) is 19.7 Å². The lowest BCUT2D eigenvalue weighted by Gasteiger charge is -2.34. The van der Waals surface area contributed by atoms with Crippen LogP contribution in [-0.4, -0.2) is 90.2 Å². The molecule has 4 rings (SSSR count). The monoisotopic (exact) mass is 597 g/mol. The van der Waals surface area contributed by atoms with Crippen LogP contribution in [0.5, 0.6) is 0 Å². The van der Waals surface area contributed by atoms with E-state index in [4.69, 9.17) is 9.84 Å². The van der Waals surface area contributed by atoms with Gasteiger partial charge in [-0.15, -0.1) is 11.8 Å². The van der Waals surface area contributed by atoms with Crippen molar-refractivity contribution in [1.82, 2.24) is 20.1 Å². The number of aliphatic hydroxyl groups is 1. The minimum absolute atomic E-state index is 0.0176. The van der Waals surface area contributed by atoms with Gasteiger partial charge in [0.25, 0.3) is 11.8 Å². The summed E-state index contributed by atoms with van der Waals surface area (Å²) in [5, 5.41) is 15.4. The molecule has 12 heteroatoms. The number of ether oxygens (including phenoxy) is 1. The van der Waals surface area contributed by atoms with E-state index in [-0.39, 0.29) is 24.3 Å². The van der Waals surface area contributed by atoms with E-state index in [0.29, 0.717) is 74.5 Å². The second kappa shape index (κ2) is 15.6. The summed E-state index contributed by atoms with van der Waals surface area (Å²) in [6.07, 6.45) is 1.74. The Kier molecular flexibility index (Phi) is 11.7. The summed E-state index contributed by atoms with van der Waals surface area (Å²) in [7, 11) is 0. The van der Waals surface area contributed by atoms with Crippen LogP contribution in [0.15, 0.2) is 58.9 Å². The van der Waals surface area contributed by atoms with Gasteiger partial charge in [0.05, 0.1) is 30.2 Å². The fourth-order valence-electron chi connectivity index (χ4n) is 4.23. The molecular formula is C29H35N5O5S2. The molecular weight excluding hydrogens is 562 g/mol. The number of anilines is 1. The quantitative estimate of drug-likeness (QED) is 0.203. The maximum Gasteiger partial charge on any atom is 0.257 e. The molecule has 3 aromatic rings. The van der Waals surface area contributed by atoms with Crippen LogP contribution in [0.25, 0.3) is 0 Å². The number of rotatable bonds is 13. The summed E-state index contributed by atoms with van der Waals surface area (Å²) >= 11 is 3.01. The number of benzene rings is 2. The van der Waals surface area contributed by atoms with Gasteiger partial charge in [-0.25, -0.2) is 4.98 Å². The molecule has 0 spiro atoms. The van der Waals surface area contributed by atoms with Gasteiger partial charge in [-0.05, 0) is 35.4 Å². The van der Waals surface area contributed by atoms with Crippen molar-refractivity contribution in [3.05, 3.63) is 77.0 Å². The molecule has 2 heterocycles. The van der Waals surface area contributed by atoms with Crippen molar-refractivity contribution in [1.29, 1.82) is 0 Å². The van der Waals surface area contributed by atoms with E-state index in [2.05, 4.69) is 15.6 Å². The van der Waals surface area contributed by atoms with E-state index < -0.39 is 0 Å². The van der Waals surface area contributed by atoms with Gasteiger partial charge in [-0.2, -0.15) is 0 Å². The highest BCUT2D eigenvalue weighted by Gasteiger charge is 2.23. The molecule has 0 aliphatic carbocycles. The van der Waals surface area contributed by atoms with Crippen molar-refractivity contribution in [3.63, 3.8) is 0 Å². The largest absolute Gasteiger partial charge is 0.394 e. The topological polar surface area (TPSA) is 124 Å². The fourth-order valence-corrected chi connectivity index (χ4v) is 6.04. The molecule has 0 radical (unpaired) electrons. The van der Waals surface area contributed by atoms with Gasteiger partial charge in [0.1, 0.15) is 0 Å². The summed E-state index contributed by atoms with van der Waals surface area (Å²) in [5.74, 6) is 0.468. The van der Waals surface area contributed by atoms with Gasteiger partial charge in [-0.1, -0.05) is 35.6 Å². The van der Waals surface area contributed by atoms with Crippen molar-refractivity contribution in [2.24, 2.45) is 0 Å². The molecule has 0 bridgehead atoms. The average Bonchev–Trinajstić information content (AvgIpc) is 3.45. The van der Waals surface area contributed by atoms with Gasteiger partial charge < -0.3 is 25.0 Å². The smallest absolute Gasteiger partial charge is 0.257 e. The average molecular weight is 598 g/mol. The first-order chi connectivity index (χ1) is 19.9. The standard InChI is InChI=1S/C29H35N5O5S2/c1-21(36)33-10-12-34(13-11-33)28(38)25-4-2-3-23(17-25)20-40-26-19-31-29(41-26)32-27(37)24-7-5-22(6-8-24)18-30-9-15-39-16-14-35/h2-8,17,19,30,35H,9-16,18,20H2,1H3,(H,31,32,37). The van der Waals surface area contributed by atoms with Crippen LogP contribution in [0.2, 0.25) is 0 Å². The normalized spacial score (nSPS) is 13.3. The van der Waals surface area contributed by atoms with Crippen LogP contribution in [0.1, 0.15) is 38.8 Å². The molecule has 0 atom stereocenters. The Labute approximate surface area is 248 Å². The van der Waals surface area contributed by atoms with Crippen molar-refractivity contribution in [2.75, 3.05) is 57.9 Å². The summed E-state index contributed by atoms with van der Waals surface area (Å²) in [6.45, 7) is 5.98. The number of piperazine rings is 1. The summed E-state index contributed by atoms with van der Waals surface area (Å²) in [6, 6.07) is 15.0. The number of amides is 3. The van der Waals surface area contributed by atoms with Crippen molar-refractivity contribution in [3.8, 4) is 0 Å². The number of aliphatic hydroxyl groups excluding tert-OH is 1. The first kappa shape index (κ1) is 30.7. The number of hydrogen-bond acceptors (Lipinski definition) is 9. The van der Waals surface area contributed by atoms with E-state index in [1.807, 2.05) is 36.4 Å². The highest BCUT2D eigenvalue weighted by atomic mass is 32.2. The van der Waals surface area contributed by atoms with E-state index in [9.17, 15) is 14.4 Å². The Morgan fingerprint density at radius 3 is 2.49 bits per heavy atom. The van der Waals surface area contributed by atoms with Gasteiger partial charge >= 0.3 is 0 Å². The molecule has 0 unspecified atom stereocenters. The number of nitrogens with one attached hydrogen (secondary N) is 2. The molecule has 1 aromatic heterocycles. The molecule has 41 heavy (non-hydrogen) atoms. The van der Waals surface area contributed by atoms with Crippen LogP contribution in [0, 0.1) is 0 Å². The van der Waals surface area contributed by atoms with E-state index in [1.54, 1.807) is 46.8 Å². The zero-order valence-corrected chi connectivity index (χ0v) is 24.6. The third-order valence-electron chi connectivity index (χ3n) is 6.48. The number of aromatic nitrogens is 1. The number of carbonyl (C=O) groups is 3. The highest BCUT2D eigenvalue weighted by molar-refractivity contribution is 8.00. The molecule has 218 valence electrons. The van der Waals surface area contributed by atoms with Gasteiger partial charge in [0.15, 0.2) is 5.13 Å². The highest BCUT2D eigenvalue weighted by Crippen LogP contribution is 2.31. The van der Waals surface area contributed by atoms with E-state index in [1.165, 1.54) is 11.3 Å². The molecule has 1 fully saturated rings. The fraction of sp³-hybridized carbons (Fsp3) is 0.379. The Balaban J connectivity index is 1.22. The Morgan fingerprint density at radius 1 is 1.00 bits per heavy atom. The lowest BCUT2D eigenvalue weighted by atomic mass is 10.1. The van der Waals surface area contributed by atoms with E-state index >= 15 is 0 Å². The molecule has 2 aromatic carbocycles. The van der Waals surface area contributed by atoms with E-state index in [0.717, 1.165) is 15.3 Å². The SMILES string of the molecule is CC(=O)N1CCN(C(=O)c2cccc(CSc3cnc(NC(=O)c4ccc(CNCCOCCO)cc4)s3)c2)CC1. The lowest BCUT2D eigenvalue weighted by Crippen LogP contribution is -2.50. The van der Waals surface area contributed by atoms with Crippen LogP contribution in [0.4, 0.5) is 5.13 Å². The van der Waals surface area contributed by atoms with Crippen LogP contribution in [-0.2, 0) is 21.8 Å². The predicted molar refractivity (Wildman–Crippen MR) is 160 cm³/mol. The predicted octanol–water partition coefficient (Wildman–Crippen LogP) is 3.09. The zero-order valence-electron chi connectivity index (χ0n) is 23.0. The van der Waals surface area contributed by atoms with Gasteiger partial charge in [0.2, 0.25) is 5.91 Å². The number of thiazole rings is 1. The molecule has 1 aliphatic rings. The molecule has 0 saturated carbocycles. The number of nitrogens with zero attached hydrogens (tertiary/aromatic N) is 3. The first-order valence-corrected chi connectivity index (χ1v) is 15.2. The third-order valence-corrected chi connectivity index (χ3v) is 8.65. The molecule has 3 N–H and O–H groups in total. The van der Waals surface area contributed by atoms with Crippen LogP contribution in [0.3, 0.4) is 0 Å². The number of thioether (sulfide) groups is 1. The van der Waals surface area contributed by atoms with Crippen molar-refractivity contribution < 1.29 is 24.2 Å². The summed E-state index contributed by atoms with van der Waals surface area (Å²) in [4.78, 5) is 45.1. The minimum Gasteiger partial charge on any atom is -0.394 e. The summed E-state index contributed by atoms with van der Waals surface area (Å²) < 4.78 is 6.17. The zero-order chi connectivity index (χ0) is 29.0. The Hall–Kier alpha value is -3.29. The van der Waals surface area contributed by atoms with Crippen molar-refractivity contribution >= 4 is 46.0 Å². The number of hydrogen-bond donors (Lipinski definition) is 3.